The van der Waals surface area contributed by atoms with E-state index in [1.165, 1.54) is 6.42 Å². The van der Waals surface area contributed by atoms with Gasteiger partial charge in [-0.25, -0.2) is 0 Å². The van der Waals surface area contributed by atoms with Gasteiger partial charge in [0.25, 0.3) is 0 Å². The molecule has 0 aromatic heterocycles. The van der Waals surface area contributed by atoms with Crippen molar-refractivity contribution in [1.29, 1.82) is 0 Å². The minimum atomic E-state index is 0. The van der Waals surface area contributed by atoms with Crippen LogP contribution in [0.3, 0.4) is 0 Å². The summed E-state index contributed by atoms with van der Waals surface area (Å²) in [6.45, 7) is 1.14. The van der Waals surface area contributed by atoms with Gasteiger partial charge in [-0.05, 0) is 12.6 Å². The predicted molar refractivity (Wildman–Crippen MR) is 27.5 cm³/mol. The summed E-state index contributed by atoms with van der Waals surface area (Å²) in [6.07, 6.45) is 5.32. The minimum absolute atomic E-state index is 0. The van der Waals surface area contributed by atoms with Crippen molar-refractivity contribution in [2.75, 3.05) is 6.54 Å². The van der Waals surface area contributed by atoms with Crippen LogP contribution in [0, 0.1) is 0 Å². The summed E-state index contributed by atoms with van der Waals surface area (Å²) in [5, 5.41) is 3.04. The molecule has 0 spiro atoms. The molecule has 0 saturated carbocycles. The molecule has 1 aliphatic rings. The molecule has 0 aromatic rings. The van der Waals surface area contributed by atoms with Crippen molar-refractivity contribution < 1.29 is 0 Å². The van der Waals surface area contributed by atoms with Gasteiger partial charge in [0.1, 0.15) is 0 Å². The van der Waals surface area contributed by atoms with Crippen LogP contribution in [0.25, 0.3) is 0 Å². The predicted octanol–water partition coefficient (Wildman–Crippen LogP) is 0.113. The molecule has 6 heavy (non-hydrogen) atoms. The third kappa shape index (κ3) is 2.37. The molecule has 1 rings (SSSR count). The second-order valence-corrected chi connectivity index (χ2v) is 1.15. The Morgan fingerprint density at radius 2 is 2.33 bits per heavy atom. The van der Waals surface area contributed by atoms with Crippen molar-refractivity contribution in [1.82, 2.24) is 5.32 Å². The average Bonchev–Trinajstić information content (AvgIpc) is 1.76. The Kier molecular flexibility index (Phi) is 5.19. The fraction of sp³-hybridized carbons (Fsp3) is 0.500. The van der Waals surface area contributed by atoms with E-state index < -0.39 is 0 Å². The van der Waals surface area contributed by atoms with Crippen molar-refractivity contribution in [2.45, 2.75) is 6.42 Å². The quantitative estimate of drug-likeness (QED) is 0.434. The molecule has 0 fully saturated rings. The Morgan fingerprint density at radius 1 is 1.50 bits per heavy atom. The Hall–Kier alpha value is 1.18. The van der Waals surface area contributed by atoms with E-state index in [1.54, 1.807) is 0 Å². The van der Waals surface area contributed by atoms with Gasteiger partial charge in [0.2, 0.25) is 0 Å². The maximum Gasteiger partial charge on any atom is 0.0176 e. The van der Waals surface area contributed by atoms with Gasteiger partial charge in [0.05, 0.1) is 0 Å². The first-order chi connectivity index (χ1) is 2.50. The zero-order valence-corrected chi connectivity index (χ0v) is 7.19. The molecule has 1 radical (unpaired) electrons. The third-order valence-electron chi connectivity index (χ3n) is 0.691. The van der Waals surface area contributed by atoms with Gasteiger partial charge in [-0.2, -0.15) is 0 Å². The van der Waals surface area contributed by atoms with Crippen LogP contribution in [0.15, 0.2) is 12.3 Å². The molecule has 0 amide bonds. The smallest absolute Gasteiger partial charge is 0.0176 e. The topological polar surface area (TPSA) is 12.0 Å². The molecule has 0 bridgehead atoms. The molecule has 0 saturated heterocycles. The Balaban J connectivity index is 0.000000250. The second kappa shape index (κ2) is 4.34. The van der Waals surface area contributed by atoms with Gasteiger partial charge in [-0.3, -0.25) is 0 Å². The zero-order valence-electron chi connectivity index (χ0n) is 4.07. The van der Waals surface area contributed by atoms with Crippen molar-refractivity contribution in [3.05, 3.63) is 12.3 Å². The van der Waals surface area contributed by atoms with Gasteiger partial charge >= 0.3 is 0 Å². The van der Waals surface area contributed by atoms with Crippen LogP contribution in [-0.2, 0) is 0 Å². The molecule has 0 aliphatic carbocycles. The number of rotatable bonds is 0. The Labute approximate surface area is 80.6 Å². The van der Waals surface area contributed by atoms with Gasteiger partial charge in [-0.1, -0.05) is 6.08 Å². The molecule has 2 heteroatoms. The molecule has 0 atom stereocenters. The van der Waals surface area contributed by atoms with E-state index in [-0.39, 0.29) is 51.4 Å². The van der Waals surface area contributed by atoms with Crippen molar-refractivity contribution in [3.8, 4) is 0 Å². The van der Waals surface area contributed by atoms with Crippen molar-refractivity contribution >= 4 is 51.4 Å². The van der Waals surface area contributed by atoms with Crippen LogP contribution in [0.5, 0.6) is 0 Å². The van der Waals surface area contributed by atoms with Crippen LogP contribution < -0.4 is 5.32 Å². The monoisotopic (exact) mass is 108 g/mol. The van der Waals surface area contributed by atoms with Gasteiger partial charge in [0, 0.05) is 57.9 Å². The van der Waals surface area contributed by atoms with Crippen LogP contribution in [0.4, 0.5) is 0 Å². The summed E-state index contributed by atoms with van der Waals surface area (Å²) < 4.78 is 0. The summed E-state index contributed by atoms with van der Waals surface area (Å²) in [4.78, 5) is 0. The zero-order chi connectivity index (χ0) is 3.54. The van der Waals surface area contributed by atoms with Crippen molar-refractivity contribution in [2.24, 2.45) is 0 Å². The van der Waals surface area contributed by atoms with Gasteiger partial charge < -0.3 is 5.32 Å². The molecule has 0 unspecified atom stereocenters. The summed E-state index contributed by atoms with van der Waals surface area (Å²) in [5.74, 6) is 0. The number of nitrogens with one attached hydrogen (secondary N) is 1. The average molecular weight is 108 g/mol. The first kappa shape index (κ1) is 7.18. The Bertz CT molecular complexity index is 45.5. The molecule has 1 aliphatic heterocycles. The van der Waals surface area contributed by atoms with E-state index in [4.69, 9.17) is 0 Å². The van der Waals surface area contributed by atoms with Crippen LogP contribution in [0.1, 0.15) is 6.42 Å². The summed E-state index contributed by atoms with van der Waals surface area (Å²) >= 11 is 0. The van der Waals surface area contributed by atoms with E-state index in [2.05, 4.69) is 11.4 Å². The first-order valence-corrected chi connectivity index (χ1v) is 1.88. The standard InChI is InChI=1S/C4H7N.K/c1-2-4-5-3-1;/h1,3,5H,2,4H2;. The fourth-order valence-corrected chi connectivity index (χ4v) is 0.417. The Morgan fingerprint density at radius 3 is 2.50 bits per heavy atom. The molecular formula is C4H7KN. The molecule has 1 nitrogen and oxygen atoms in total. The van der Waals surface area contributed by atoms with E-state index in [0.29, 0.717) is 0 Å². The van der Waals surface area contributed by atoms with Crippen LogP contribution >= 0.6 is 0 Å². The second-order valence-electron chi connectivity index (χ2n) is 1.15. The molecule has 0 aromatic carbocycles. The van der Waals surface area contributed by atoms with E-state index in [1.807, 2.05) is 6.20 Å². The first-order valence-electron chi connectivity index (χ1n) is 1.88. The van der Waals surface area contributed by atoms with E-state index >= 15 is 0 Å². The fourth-order valence-electron chi connectivity index (χ4n) is 0.417. The molecular weight excluding hydrogens is 101 g/mol. The molecule has 29 valence electrons. The summed E-state index contributed by atoms with van der Waals surface area (Å²) in [7, 11) is 0. The van der Waals surface area contributed by atoms with E-state index in [9.17, 15) is 0 Å². The maximum absolute atomic E-state index is 3.04. The van der Waals surface area contributed by atoms with Gasteiger partial charge in [0.15, 0.2) is 0 Å². The molecule has 1 heterocycles. The summed E-state index contributed by atoms with van der Waals surface area (Å²) in [5.41, 5.74) is 0. The van der Waals surface area contributed by atoms with Crippen molar-refractivity contribution in [3.63, 3.8) is 0 Å². The van der Waals surface area contributed by atoms with Gasteiger partial charge in [-0.15, -0.1) is 0 Å². The minimum Gasteiger partial charge on any atom is -0.391 e. The SMILES string of the molecule is C1=CNCC1.[K]. The summed E-state index contributed by atoms with van der Waals surface area (Å²) in [6, 6.07) is 0. The maximum atomic E-state index is 3.04. The van der Waals surface area contributed by atoms with E-state index in [0.717, 1.165) is 6.54 Å². The van der Waals surface area contributed by atoms with Crippen LogP contribution in [0.2, 0.25) is 0 Å². The van der Waals surface area contributed by atoms with Crippen LogP contribution in [-0.4, -0.2) is 57.9 Å². The molecule has 1 N–H and O–H groups in total. The largest absolute Gasteiger partial charge is 0.391 e. The number of hydrogen-bond donors (Lipinski definition) is 1. The normalized spacial score (nSPS) is 16.0. The number of hydrogen-bond acceptors (Lipinski definition) is 1. The third-order valence-corrected chi connectivity index (χ3v) is 0.691.